The zero-order chi connectivity index (χ0) is 8.06. The summed E-state index contributed by atoms with van der Waals surface area (Å²) in [6.07, 6.45) is 1.19. The largest absolute Gasteiger partial charge is 0.386 e. The average Bonchev–Trinajstić information content (AvgIpc) is 2.14. The molecule has 2 bridgehead atoms. The van der Waals surface area contributed by atoms with Crippen LogP contribution in [0.1, 0.15) is 6.92 Å². The van der Waals surface area contributed by atoms with Gasteiger partial charge in [0.1, 0.15) is 11.7 Å². The summed E-state index contributed by atoms with van der Waals surface area (Å²) in [5.74, 6) is -0.243. The second kappa shape index (κ2) is 1.91. The molecule has 0 amide bonds. The molecule has 4 nitrogen and oxygen atoms in total. The lowest BCUT2D eigenvalue weighted by atomic mass is 9.88. The van der Waals surface area contributed by atoms with E-state index in [1.165, 1.54) is 12.2 Å². The fourth-order valence-corrected chi connectivity index (χ4v) is 1.23. The summed E-state index contributed by atoms with van der Waals surface area (Å²) in [7, 11) is 0. The highest BCUT2D eigenvalue weighted by atomic mass is 17.2. The zero-order valence-electron chi connectivity index (χ0n) is 5.98. The number of aliphatic hydroxyl groups excluding tert-OH is 1. The highest BCUT2D eigenvalue weighted by Gasteiger charge is 2.51. The average molecular weight is 156 g/mol. The van der Waals surface area contributed by atoms with Gasteiger partial charge < -0.3 is 5.11 Å². The van der Waals surface area contributed by atoms with Gasteiger partial charge in [-0.3, -0.25) is 4.79 Å². The van der Waals surface area contributed by atoms with E-state index < -0.39 is 17.8 Å². The normalized spacial score (nSPS) is 48.4. The van der Waals surface area contributed by atoms with Gasteiger partial charge in [0, 0.05) is 0 Å². The first-order valence-corrected chi connectivity index (χ1v) is 3.39. The van der Waals surface area contributed by atoms with Crippen molar-refractivity contribution in [3.8, 4) is 0 Å². The van der Waals surface area contributed by atoms with E-state index in [0.717, 1.165) is 0 Å². The Labute approximate surface area is 63.3 Å². The second-order valence-corrected chi connectivity index (χ2v) is 2.96. The monoisotopic (exact) mass is 156 g/mol. The van der Waals surface area contributed by atoms with Gasteiger partial charge in [0.05, 0.1) is 0 Å². The van der Waals surface area contributed by atoms with Crippen molar-refractivity contribution < 1.29 is 19.7 Å². The van der Waals surface area contributed by atoms with Gasteiger partial charge in [0.15, 0.2) is 11.9 Å². The lowest BCUT2D eigenvalue weighted by Crippen LogP contribution is -2.44. The van der Waals surface area contributed by atoms with E-state index in [4.69, 9.17) is 4.89 Å². The number of hydrogen-bond donors (Lipinski definition) is 1. The third kappa shape index (κ3) is 0.772. The maximum absolute atomic E-state index is 11.0. The first kappa shape index (κ1) is 6.97. The molecule has 60 valence electrons. The van der Waals surface area contributed by atoms with Crippen LogP contribution in [-0.4, -0.2) is 28.7 Å². The number of carbonyl (C=O) groups excluding carboxylic acids is 1. The molecule has 11 heavy (non-hydrogen) atoms. The maximum Gasteiger partial charge on any atom is 0.190 e. The fourth-order valence-electron chi connectivity index (χ4n) is 1.23. The molecule has 0 aromatic heterocycles. The van der Waals surface area contributed by atoms with Crippen LogP contribution < -0.4 is 0 Å². The number of ketones is 1. The van der Waals surface area contributed by atoms with Crippen LogP contribution in [0.5, 0.6) is 0 Å². The van der Waals surface area contributed by atoms with E-state index in [0.29, 0.717) is 0 Å². The molecule has 0 spiro atoms. The lowest BCUT2D eigenvalue weighted by Gasteiger charge is -2.22. The number of hydrogen-bond acceptors (Lipinski definition) is 4. The summed E-state index contributed by atoms with van der Waals surface area (Å²) < 4.78 is 0. The van der Waals surface area contributed by atoms with Gasteiger partial charge in [0.25, 0.3) is 0 Å². The van der Waals surface area contributed by atoms with Crippen LogP contribution in [-0.2, 0) is 14.6 Å². The van der Waals surface area contributed by atoms with Crippen LogP contribution in [0.4, 0.5) is 0 Å². The van der Waals surface area contributed by atoms with Crippen molar-refractivity contribution in [3.63, 3.8) is 0 Å². The van der Waals surface area contributed by atoms with E-state index in [9.17, 15) is 9.90 Å². The summed E-state index contributed by atoms with van der Waals surface area (Å²) >= 11 is 0. The van der Waals surface area contributed by atoms with Crippen LogP contribution in [0, 0.1) is 0 Å². The van der Waals surface area contributed by atoms with E-state index in [1.807, 2.05) is 0 Å². The Kier molecular flexibility index (Phi) is 1.21. The van der Waals surface area contributed by atoms with Crippen molar-refractivity contribution in [1.82, 2.24) is 0 Å². The minimum atomic E-state index is -0.875. The Hall–Kier alpha value is -0.710. The predicted octanol–water partition coefficient (Wildman–Crippen LogP) is -0.425. The number of rotatable bonds is 0. The van der Waals surface area contributed by atoms with E-state index >= 15 is 0 Å². The van der Waals surface area contributed by atoms with Gasteiger partial charge in [-0.15, -0.1) is 0 Å². The Morgan fingerprint density at radius 3 is 3.09 bits per heavy atom. The van der Waals surface area contributed by atoms with Crippen molar-refractivity contribution in [2.45, 2.75) is 24.7 Å². The highest BCUT2D eigenvalue weighted by Crippen LogP contribution is 2.33. The lowest BCUT2D eigenvalue weighted by molar-refractivity contribution is -0.304. The van der Waals surface area contributed by atoms with Crippen molar-refractivity contribution in [3.05, 3.63) is 12.2 Å². The maximum atomic E-state index is 11.0. The van der Waals surface area contributed by atoms with Crippen molar-refractivity contribution in [1.29, 1.82) is 0 Å². The molecular weight excluding hydrogens is 148 g/mol. The Balaban J connectivity index is 2.42. The van der Waals surface area contributed by atoms with Crippen LogP contribution >= 0.6 is 0 Å². The summed E-state index contributed by atoms with van der Waals surface area (Å²) in [4.78, 5) is 20.4. The molecule has 0 radical (unpaired) electrons. The van der Waals surface area contributed by atoms with Crippen LogP contribution in [0.15, 0.2) is 12.2 Å². The molecule has 0 aromatic rings. The third-order valence-electron chi connectivity index (χ3n) is 2.06. The van der Waals surface area contributed by atoms with Crippen molar-refractivity contribution >= 4 is 5.78 Å². The third-order valence-corrected chi connectivity index (χ3v) is 2.06. The van der Waals surface area contributed by atoms with Gasteiger partial charge >= 0.3 is 0 Å². The van der Waals surface area contributed by atoms with Crippen molar-refractivity contribution in [2.24, 2.45) is 0 Å². The molecule has 3 unspecified atom stereocenters. The topological polar surface area (TPSA) is 55.8 Å². The van der Waals surface area contributed by atoms with Crippen LogP contribution in [0.3, 0.4) is 0 Å². The van der Waals surface area contributed by atoms with Gasteiger partial charge in [-0.2, -0.15) is 0 Å². The number of fused-ring (bicyclic) bond motifs is 2. The SMILES string of the molecule is CC12C=CC(=O)C(OO1)C2O. The standard InChI is InChI=1S/C7H8O4/c1-7-3-2-4(8)5(6(7)9)10-11-7/h2-3,5-6,9H,1H3. The molecule has 1 heterocycles. The van der Waals surface area contributed by atoms with Gasteiger partial charge in [-0.25, -0.2) is 9.78 Å². The van der Waals surface area contributed by atoms with Gasteiger partial charge in [0.2, 0.25) is 0 Å². The zero-order valence-corrected chi connectivity index (χ0v) is 5.98. The molecule has 2 aliphatic rings. The summed E-state index contributed by atoms with van der Waals surface area (Å²) in [6, 6.07) is 0. The predicted molar refractivity (Wildman–Crippen MR) is 34.5 cm³/mol. The molecule has 1 aliphatic carbocycles. The number of carbonyl (C=O) groups is 1. The fraction of sp³-hybridized carbons (Fsp3) is 0.571. The Morgan fingerprint density at radius 1 is 1.73 bits per heavy atom. The van der Waals surface area contributed by atoms with Crippen molar-refractivity contribution in [2.75, 3.05) is 0 Å². The van der Waals surface area contributed by atoms with E-state index in [1.54, 1.807) is 6.92 Å². The molecular formula is C7H8O4. The van der Waals surface area contributed by atoms with Crippen LogP contribution in [0.2, 0.25) is 0 Å². The first-order valence-electron chi connectivity index (χ1n) is 3.39. The van der Waals surface area contributed by atoms with E-state index in [2.05, 4.69) is 4.89 Å². The minimum Gasteiger partial charge on any atom is -0.386 e. The number of aliphatic hydroxyl groups is 1. The summed E-state index contributed by atoms with van der Waals surface area (Å²) in [5.41, 5.74) is -0.835. The molecule has 0 saturated carbocycles. The first-order chi connectivity index (χ1) is 5.13. The Morgan fingerprint density at radius 2 is 2.45 bits per heavy atom. The minimum absolute atomic E-state index is 0.243. The molecule has 1 fully saturated rings. The molecule has 1 N–H and O–H groups in total. The molecule has 2 rings (SSSR count). The molecule has 0 aromatic carbocycles. The highest BCUT2D eigenvalue weighted by molar-refractivity contribution is 5.95. The van der Waals surface area contributed by atoms with Gasteiger partial charge in [-0.05, 0) is 19.1 Å². The van der Waals surface area contributed by atoms with Crippen LogP contribution in [0.25, 0.3) is 0 Å². The molecule has 3 atom stereocenters. The molecule has 4 heteroatoms. The quantitative estimate of drug-likeness (QED) is 0.484. The second-order valence-electron chi connectivity index (χ2n) is 2.96. The summed E-state index contributed by atoms with van der Waals surface area (Å²) in [5, 5.41) is 9.42. The summed E-state index contributed by atoms with van der Waals surface area (Å²) in [6.45, 7) is 1.67. The smallest absolute Gasteiger partial charge is 0.190 e. The molecule has 1 saturated heterocycles. The Bertz CT molecular complexity index is 235. The molecule has 1 aliphatic heterocycles. The van der Waals surface area contributed by atoms with E-state index in [-0.39, 0.29) is 5.78 Å². The van der Waals surface area contributed by atoms with Gasteiger partial charge in [-0.1, -0.05) is 0 Å².